The zero-order chi connectivity index (χ0) is 20.7. The van der Waals surface area contributed by atoms with Crippen molar-refractivity contribution < 1.29 is 22.6 Å². The number of hydrogen-bond acceptors (Lipinski definition) is 4. The van der Waals surface area contributed by atoms with E-state index in [-0.39, 0.29) is 11.7 Å². The molecule has 0 atom stereocenters. The minimum Gasteiger partial charge on any atom is -0.406 e. The summed E-state index contributed by atoms with van der Waals surface area (Å²) in [4.78, 5) is 6.69. The van der Waals surface area contributed by atoms with Crippen LogP contribution in [0.15, 0.2) is 53.5 Å². The summed E-state index contributed by atoms with van der Waals surface area (Å²) in [6.45, 7) is 4.50. The smallest absolute Gasteiger partial charge is 0.406 e. The average Bonchev–Trinajstić information content (AvgIpc) is 2.68. The van der Waals surface area contributed by atoms with E-state index in [9.17, 15) is 13.2 Å². The fourth-order valence-electron chi connectivity index (χ4n) is 2.96. The van der Waals surface area contributed by atoms with Crippen molar-refractivity contribution in [2.24, 2.45) is 10.7 Å². The van der Waals surface area contributed by atoms with Gasteiger partial charge in [0.2, 0.25) is 0 Å². The fourth-order valence-corrected chi connectivity index (χ4v) is 2.96. The Kier molecular flexibility index (Phi) is 6.95. The van der Waals surface area contributed by atoms with Gasteiger partial charge >= 0.3 is 6.36 Å². The first-order valence-electron chi connectivity index (χ1n) is 9.19. The average molecular weight is 408 g/mol. The third-order valence-corrected chi connectivity index (χ3v) is 4.40. The molecule has 9 heteroatoms. The van der Waals surface area contributed by atoms with Gasteiger partial charge in [-0.1, -0.05) is 24.3 Å². The Bertz CT molecular complexity index is 819. The van der Waals surface area contributed by atoms with Crippen molar-refractivity contribution in [3.63, 3.8) is 0 Å². The van der Waals surface area contributed by atoms with E-state index in [1.165, 1.54) is 29.8 Å². The summed E-state index contributed by atoms with van der Waals surface area (Å²) in [5.41, 5.74) is 8.69. The number of benzene rings is 2. The van der Waals surface area contributed by atoms with Crippen LogP contribution >= 0.6 is 0 Å². The fraction of sp³-hybridized carbons (Fsp3) is 0.350. The molecule has 29 heavy (non-hydrogen) atoms. The molecule has 3 rings (SSSR count). The second-order valence-corrected chi connectivity index (χ2v) is 6.56. The number of anilines is 1. The molecule has 0 spiro atoms. The Morgan fingerprint density at radius 3 is 2.38 bits per heavy atom. The summed E-state index contributed by atoms with van der Waals surface area (Å²) in [5, 5.41) is 2.87. The van der Waals surface area contributed by atoms with Crippen LogP contribution in [0, 0.1) is 0 Å². The lowest BCUT2D eigenvalue weighted by Crippen LogP contribution is -2.35. The second kappa shape index (κ2) is 9.62. The first-order valence-corrected chi connectivity index (χ1v) is 9.19. The molecule has 1 heterocycles. The Morgan fingerprint density at radius 1 is 1.07 bits per heavy atom. The van der Waals surface area contributed by atoms with E-state index in [0.29, 0.717) is 12.2 Å². The SMILES string of the molecule is NC(=NCc1ccccc1CN1CCOCC1)Nc1ccc(OC(F)(F)F)cc1. The maximum Gasteiger partial charge on any atom is 0.573 e. The molecule has 1 saturated heterocycles. The lowest BCUT2D eigenvalue weighted by Gasteiger charge is -2.27. The van der Waals surface area contributed by atoms with Crippen LogP contribution in [0.1, 0.15) is 11.1 Å². The van der Waals surface area contributed by atoms with Crippen LogP contribution in [0.5, 0.6) is 5.75 Å². The number of ether oxygens (including phenoxy) is 2. The predicted octanol–water partition coefficient (Wildman–Crippen LogP) is 3.34. The molecule has 1 fully saturated rings. The number of nitrogens with zero attached hydrogens (tertiary/aromatic N) is 2. The van der Waals surface area contributed by atoms with Crippen LogP contribution in [0.2, 0.25) is 0 Å². The summed E-state index contributed by atoms with van der Waals surface area (Å²) >= 11 is 0. The van der Waals surface area contributed by atoms with Gasteiger partial charge in [0.1, 0.15) is 5.75 Å². The summed E-state index contributed by atoms with van der Waals surface area (Å²) in [6.07, 6.45) is -4.72. The molecule has 156 valence electrons. The van der Waals surface area contributed by atoms with Gasteiger partial charge in [0.15, 0.2) is 5.96 Å². The Labute approximate surface area is 167 Å². The van der Waals surface area contributed by atoms with Gasteiger partial charge in [0, 0.05) is 25.3 Å². The Balaban J connectivity index is 1.58. The van der Waals surface area contributed by atoms with Gasteiger partial charge in [0.25, 0.3) is 0 Å². The molecule has 1 aliphatic heterocycles. The summed E-state index contributed by atoms with van der Waals surface area (Å²) in [6, 6.07) is 13.3. The molecule has 0 saturated carbocycles. The Hall–Kier alpha value is -2.78. The van der Waals surface area contributed by atoms with Crippen LogP contribution < -0.4 is 15.8 Å². The number of rotatable bonds is 6. The highest BCUT2D eigenvalue weighted by atomic mass is 19.4. The van der Waals surface area contributed by atoms with Crippen LogP contribution in [-0.2, 0) is 17.8 Å². The van der Waals surface area contributed by atoms with Gasteiger partial charge in [-0.3, -0.25) is 4.90 Å². The number of nitrogens with one attached hydrogen (secondary N) is 1. The van der Waals surface area contributed by atoms with E-state index in [1.54, 1.807) is 0 Å². The van der Waals surface area contributed by atoms with Crippen molar-refractivity contribution in [1.82, 2.24) is 4.90 Å². The third-order valence-electron chi connectivity index (χ3n) is 4.40. The standard InChI is InChI=1S/C20H23F3N4O2/c21-20(22,23)29-18-7-5-17(6-8-18)26-19(24)25-13-15-3-1-2-4-16(15)14-27-9-11-28-12-10-27/h1-8H,9-14H2,(H3,24,25,26). The number of aliphatic imine (C=N–C) groups is 1. The summed E-state index contributed by atoms with van der Waals surface area (Å²) in [5.74, 6) is -0.119. The van der Waals surface area contributed by atoms with Gasteiger partial charge in [-0.15, -0.1) is 13.2 Å². The van der Waals surface area contributed by atoms with E-state index < -0.39 is 6.36 Å². The highest BCUT2D eigenvalue weighted by Gasteiger charge is 2.30. The molecule has 1 aliphatic rings. The molecule has 2 aromatic carbocycles. The van der Waals surface area contributed by atoms with Crippen molar-refractivity contribution >= 4 is 11.6 Å². The van der Waals surface area contributed by atoms with E-state index >= 15 is 0 Å². The molecule has 0 aliphatic carbocycles. The van der Waals surface area contributed by atoms with Crippen LogP contribution in [-0.4, -0.2) is 43.5 Å². The zero-order valence-electron chi connectivity index (χ0n) is 15.8. The normalized spacial score (nSPS) is 15.9. The molecular weight excluding hydrogens is 385 g/mol. The molecule has 0 aromatic heterocycles. The monoisotopic (exact) mass is 408 g/mol. The second-order valence-electron chi connectivity index (χ2n) is 6.56. The lowest BCUT2D eigenvalue weighted by atomic mass is 10.1. The minimum atomic E-state index is -4.72. The maximum atomic E-state index is 12.2. The number of morpholine rings is 1. The molecule has 2 aromatic rings. The molecule has 6 nitrogen and oxygen atoms in total. The molecule has 3 N–H and O–H groups in total. The zero-order valence-corrected chi connectivity index (χ0v) is 15.8. The minimum absolute atomic E-state index is 0.177. The first kappa shape index (κ1) is 20.9. The topological polar surface area (TPSA) is 72.1 Å². The third kappa shape index (κ3) is 6.95. The molecule has 0 amide bonds. The maximum absolute atomic E-state index is 12.2. The number of halogens is 3. The van der Waals surface area contributed by atoms with Crippen molar-refractivity contribution in [3.05, 3.63) is 59.7 Å². The number of nitrogens with two attached hydrogens (primary N) is 1. The summed E-state index contributed by atoms with van der Waals surface area (Å²) in [7, 11) is 0. The van der Waals surface area contributed by atoms with Gasteiger partial charge in [0.05, 0.1) is 19.8 Å². The van der Waals surface area contributed by atoms with Crippen LogP contribution in [0.4, 0.5) is 18.9 Å². The van der Waals surface area contributed by atoms with Crippen LogP contribution in [0.3, 0.4) is 0 Å². The molecule has 0 unspecified atom stereocenters. The quantitative estimate of drug-likeness (QED) is 0.567. The highest BCUT2D eigenvalue weighted by molar-refractivity contribution is 5.92. The summed E-state index contributed by atoms with van der Waals surface area (Å²) < 4.78 is 45.8. The predicted molar refractivity (Wildman–Crippen MR) is 105 cm³/mol. The van der Waals surface area contributed by atoms with E-state index in [0.717, 1.165) is 38.4 Å². The molecule has 0 radical (unpaired) electrons. The lowest BCUT2D eigenvalue weighted by molar-refractivity contribution is -0.274. The van der Waals surface area contributed by atoms with Crippen molar-refractivity contribution in [2.45, 2.75) is 19.5 Å². The molecule has 0 bridgehead atoms. The number of hydrogen-bond donors (Lipinski definition) is 2. The number of alkyl halides is 3. The van der Waals surface area contributed by atoms with Gasteiger partial charge in [-0.05, 0) is 35.4 Å². The number of guanidine groups is 1. The highest BCUT2D eigenvalue weighted by Crippen LogP contribution is 2.24. The van der Waals surface area contributed by atoms with Crippen LogP contribution in [0.25, 0.3) is 0 Å². The van der Waals surface area contributed by atoms with Gasteiger partial charge in [-0.2, -0.15) is 0 Å². The largest absolute Gasteiger partial charge is 0.573 e. The first-order chi connectivity index (χ1) is 13.9. The van der Waals surface area contributed by atoms with Crippen molar-refractivity contribution in [2.75, 3.05) is 31.6 Å². The van der Waals surface area contributed by atoms with E-state index in [4.69, 9.17) is 10.5 Å². The van der Waals surface area contributed by atoms with E-state index in [1.807, 2.05) is 18.2 Å². The van der Waals surface area contributed by atoms with Gasteiger partial charge < -0.3 is 20.5 Å². The van der Waals surface area contributed by atoms with Crippen molar-refractivity contribution in [3.8, 4) is 5.75 Å². The molecular formula is C20H23F3N4O2. The van der Waals surface area contributed by atoms with Gasteiger partial charge in [-0.25, -0.2) is 4.99 Å². The Morgan fingerprint density at radius 2 is 1.72 bits per heavy atom. The van der Waals surface area contributed by atoms with E-state index in [2.05, 4.69) is 26.0 Å². The van der Waals surface area contributed by atoms with Crippen molar-refractivity contribution in [1.29, 1.82) is 0 Å².